The highest BCUT2D eigenvalue weighted by atomic mass is 16.6. The number of ether oxygens (including phenoxy) is 5. The van der Waals surface area contributed by atoms with E-state index in [4.69, 9.17) is 23.7 Å². The molecule has 2 heterocycles. The Kier molecular flexibility index (Phi) is 7.69. The molecule has 1 N–H and O–H groups in total. The minimum Gasteiger partial charge on any atom is -0.507 e. The molecule has 39 heavy (non-hydrogen) atoms. The van der Waals surface area contributed by atoms with Gasteiger partial charge in [-0.15, -0.1) is 0 Å². The third-order valence-electron chi connectivity index (χ3n) is 6.63. The molecule has 5 rings (SSSR count). The van der Waals surface area contributed by atoms with Crippen molar-refractivity contribution in [2.24, 2.45) is 0 Å². The lowest BCUT2D eigenvalue weighted by atomic mass is 9.94. The molecule has 0 spiro atoms. The zero-order chi connectivity index (χ0) is 27.4. The number of benzene rings is 3. The average Bonchev–Trinajstić information content (AvgIpc) is 3.23. The lowest BCUT2D eigenvalue weighted by Crippen LogP contribution is -2.32. The summed E-state index contributed by atoms with van der Waals surface area (Å²) in [5.41, 5.74) is 1.88. The van der Waals surface area contributed by atoms with E-state index in [9.17, 15) is 14.7 Å². The topological polar surface area (TPSA) is 104 Å². The van der Waals surface area contributed by atoms with Crippen LogP contribution in [-0.4, -0.2) is 62.3 Å². The van der Waals surface area contributed by atoms with E-state index in [1.807, 2.05) is 30.3 Å². The first kappa shape index (κ1) is 26.1. The van der Waals surface area contributed by atoms with Crippen molar-refractivity contribution < 1.29 is 38.4 Å². The molecule has 2 aliphatic rings. The van der Waals surface area contributed by atoms with E-state index in [0.29, 0.717) is 53.9 Å². The van der Waals surface area contributed by atoms with Crippen molar-refractivity contribution in [1.29, 1.82) is 0 Å². The quantitative estimate of drug-likeness (QED) is 0.250. The zero-order valence-corrected chi connectivity index (χ0v) is 21.7. The van der Waals surface area contributed by atoms with Gasteiger partial charge in [-0.2, -0.15) is 0 Å². The van der Waals surface area contributed by atoms with Crippen LogP contribution in [0.25, 0.3) is 5.76 Å². The molecule has 1 amide bonds. The number of likely N-dealkylation sites (tertiary alicyclic amines) is 1. The molecule has 9 nitrogen and oxygen atoms in total. The normalized spacial score (nSPS) is 17.8. The number of nitrogens with zero attached hydrogens (tertiary/aromatic N) is 1. The molecule has 1 fully saturated rings. The SMILES string of the molecule is COCCN1C(=O)C(=O)/C(=C(/O)c2ccc3c(c2)OCCO3)C1c1ccc(OCc2ccccc2)c(OC)c1. The Morgan fingerprint density at radius 3 is 2.46 bits per heavy atom. The number of aliphatic hydroxyl groups is 1. The van der Waals surface area contributed by atoms with E-state index in [2.05, 4.69) is 0 Å². The van der Waals surface area contributed by atoms with Gasteiger partial charge in [0.15, 0.2) is 23.0 Å². The Balaban J connectivity index is 1.54. The third-order valence-corrected chi connectivity index (χ3v) is 6.63. The van der Waals surface area contributed by atoms with Gasteiger partial charge in [0.25, 0.3) is 11.7 Å². The Labute approximate surface area is 226 Å². The van der Waals surface area contributed by atoms with E-state index < -0.39 is 17.7 Å². The molecule has 202 valence electrons. The van der Waals surface area contributed by atoms with Gasteiger partial charge >= 0.3 is 0 Å². The Morgan fingerprint density at radius 2 is 1.72 bits per heavy atom. The number of Topliss-reactive ketones (excluding diaryl/α,β-unsaturated/α-hetero) is 1. The van der Waals surface area contributed by atoms with Crippen LogP contribution >= 0.6 is 0 Å². The van der Waals surface area contributed by atoms with E-state index in [1.54, 1.807) is 36.4 Å². The molecule has 1 atom stereocenters. The van der Waals surface area contributed by atoms with Crippen molar-refractivity contribution in [3.63, 3.8) is 0 Å². The summed E-state index contributed by atoms with van der Waals surface area (Å²) < 4.78 is 28.0. The minimum atomic E-state index is -0.870. The largest absolute Gasteiger partial charge is 0.507 e. The van der Waals surface area contributed by atoms with Crippen molar-refractivity contribution in [2.45, 2.75) is 12.6 Å². The number of hydrogen-bond acceptors (Lipinski definition) is 8. The Bertz CT molecular complexity index is 1400. The second-order valence-electron chi connectivity index (χ2n) is 9.03. The predicted octanol–water partition coefficient (Wildman–Crippen LogP) is 4.11. The Hall–Kier alpha value is -4.50. The fourth-order valence-corrected chi connectivity index (χ4v) is 4.70. The van der Waals surface area contributed by atoms with Gasteiger partial charge in [-0.05, 0) is 41.5 Å². The van der Waals surface area contributed by atoms with E-state index in [0.717, 1.165) is 5.56 Å². The monoisotopic (exact) mass is 531 g/mol. The lowest BCUT2D eigenvalue weighted by molar-refractivity contribution is -0.140. The Morgan fingerprint density at radius 1 is 0.949 bits per heavy atom. The molecular formula is C30H29NO8. The van der Waals surface area contributed by atoms with Crippen LogP contribution in [0.3, 0.4) is 0 Å². The van der Waals surface area contributed by atoms with Gasteiger partial charge in [-0.3, -0.25) is 9.59 Å². The number of carbonyl (C=O) groups excluding carboxylic acids is 2. The van der Waals surface area contributed by atoms with Gasteiger partial charge in [0.2, 0.25) is 0 Å². The molecule has 0 aromatic heterocycles. The van der Waals surface area contributed by atoms with E-state index in [-0.39, 0.29) is 24.5 Å². The number of hydrogen-bond donors (Lipinski definition) is 1. The maximum Gasteiger partial charge on any atom is 0.295 e. The molecule has 1 unspecified atom stereocenters. The summed E-state index contributed by atoms with van der Waals surface area (Å²) in [6, 6.07) is 19.0. The maximum atomic E-state index is 13.3. The minimum absolute atomic E-state index is 0.0345. The predicted molar refractivity (Wildman–Crippen MR) is 142 cm³/mol. The van der Waals surface area contributed by atoms with E-state index in [1.165, 1.54) is 19.1 Å². The van der Waals surface area contributed by atoms with Crippen LogP contribution in [-0.2, 0) is 20.9 Å². The van der Waals surface area contributed by atoms with Crippen LogP contribution in [0.5, 0.6) is 23.0 Å². The van der Waals surface area contributed by atoms with Crippen molar-refractivity contribution in [1.82, 2.24) is 4.90 Å². The summed E-state index contributed by atoms with van der Waals surface area (Å²) in [7, 11) is 3.04. The summed E-state index contributed by atoms with van der Waals surface area (Å²) >= 11 is 0. The zero-order valence-electron chi connectivity index (χ0n) is 21.7. The number of methoxy groups -OCH3 is 2. The number of aliphatic hydroxyl groups excluding tert-OH is 1. The highest BCUT2D eigenvalue weighted by molar-refractivity contribution is 6.46. The molecule has 3 aromatic rings. The molecule has 0 bridgehead atoms. The van der Waals surface area contributed by atoms with Crippen LogP contribution in [0.2, 0.25) is 0 Å². The molecule has 9 heteroatoms. The van der Waals surface area contributed by atoms with Crippen LogP contribution in [0.1, 0.15) is 22.7 Å². The van der Waals surface area contributed by atoms with Crippen molar-refractivity contribution in [3.8, 4) is 23.0 Å². The summed E-state index contributed by atoms with van der Waals surface area (Å²) in [6.45, 7) is 1.50. The molecule has 3 aromatic carbocycles. The van der Waals surface area contributed by atoms with Gasteiger partial charge in [-0.25, -0.2) is 0 Å². The van der Waals surface area contributed by atoms with Gasteiger partial charge in [0.05, 0.1) is 25.3 Å². The molecule has 0 saturated carbocycles. The van der Waals surface area contributed by atoms with Crippen molar-refractivity contribution in [3.05, 3.63) is 89.0 Å². The average molecular weight is 532 g/mol. The smallest absolute Gasteiger partial charge is 0.295 e. The fourth-order valence-electron chi connectivity index (χ4n) is 4.70. The van der Waals surface area contributed by atoms with Crippen molar-refractivity contribution >= 4 is 17.4 Å². The van der Waals surface area contributed by atoms with Crippen LogP contribution in [0.4, 0.5) is 0 Å². The van der Waals surface area contributed by atoms with Crippen LogP contribution < -0.4 is 18.9 Å². The summed E-state index contributed by atoms with van der Waals surface area (Å²) in [5, 5.41) is 11.4. The first-order valence-electron chi connectivity index (χ1n) is 12.5. The van der Waals surface area contributed by atoms with Gasteiger partial charge in [-0.1, -0.05) is 36.4 Å². The first-order chi connectivity index (χ1) is 19.0. The van der Waals surface area contributed by atoms with Gasteiger partial charge < -0.3 is 33.7 Å². The summed E-state index contributed by atoms with van der Waals surface area (Å²) in [4.78, 5) is 27.8. The van der Waals surface area contributed by atoms with Crippen molar-refractivity contribution in [2.75, 3.05) is 40.6 Å². The number of fused-ring (bicyclic) bond motifs is 1. The molecular weight excluding hydrogens is 502 g/mol. The fraction of sp³-hybridized carbons (Fsp3) is 0.267. The first-order valence-corrected chi connectivity index (χ1v) is 12.5. The number of carbonyl (C=O) groups is 2. The molecule has 0 radical (unpaired) electrons. The third kappa shape index (κ3) is 5.26. The number of rotatable bonds is 9. The number of ketones is 1. The van der Waals surface area contributed by atoms with Gasteiger partial charge in [0.1, 0.15) is 25.6 Å². The number of amides is 1. The maximum absolute atomic E-state index is 13.3. The van der Waals surface area contributed by atoms with E-state index >= 15 is 0 Å². The highest BCUT2D eigenvalue weighted by Gasteiger charge is 2.46. The molecule has 0 aliphatic carbocycles. The van der Waals surface area contributed by atoms with Gasteiger partial charge in [0, 0.05) is 19.2 Å². The second kappa shape index (κ2) is 11.5. The van der Waals surface area contributed by atoms with Crippen LogP contribution in [0.15, 0.2) is 72.3 Å². The standard InChI is InChI=1S/C30H29NO8/c1-35-13-12-31-27(20-8-10-22(24(16-20)36-2)39-18-19-6-4-3-5-7-19)26(29(33)30(31)34)28(32)21-9-11-23-25(17-21)38-15-14-37-23/h3-11,16-17,27,32H,12-15,18H2,1-2H3/b28-26+. The summed E-state index contributed by atoms with van der Waals surface area (Å²) in [6.07, 6.45) is 0. The van der Waals surface area contributed by atoms with Crippen LogP contribution in [0, 0.1) is 0 Å². The molecule has 2 aliphatic heterocycles. The molecule has 1 saturated heterocycles. The summed E-state index contributed by atoms with van der Waals surface area (Å²) in [5.74, 6) is 0.124. The highest BCUT2D eigenvalue weighted by Crippen LogP contribution is 2.43. The lowest BCUT2D eigenvalue weighted by Gasteiger charge is -2.26. The second-order valence-corrected chi connectivity index (χ2v) is 9.03.